The Bertz CT molecular complexity index is 389. The van der Waals surface area contributed by atoms with E-state index < -0.39 is 0 Å². The summed E-state index contributed by atoms with van der Waals surface area (Å²) in [6, 6.07) is 5.28. The van der Waals surface area contributed by atoms with Crippen molar-refractivity contribution in [3.05, 3.63) is 34.1 Å². The Morgan fingerprint density at radius 3 is 2.60 bits per heavy atom. The molecule has 15 heavy (non-hydrogen) atoms. The molecule has 1 nitrogen and oxygen atoms in total. The van der Waals surface area contributed by atoms with E-state index in [1.165, 1.54) is 6.07 Å². The third-order valence-electron chi connectivity index (χ3n) is 3.60. The summed E-state index contributed by atoms with van der Waals surface area (Å²) in [7, 11) is 0. The van der Waals surface area contributed by atoms with Crippen molar-refractivity contribution in [1.82, 2.24) is 0 Å². The normalized spacial score (nSPS) is 27.8. The molecule has 0 amide bonds. The highest BCUT2D eigenvalue weighted by atomic mass is 79.9. The molecular weight excluding hydrogens is 257 g/mol. The van der Waals surface area contributed by atoms with Gasteiger partial charge < -0.3 is 5.73 Å². The molecule has 1 fully saturated rings. The molecule has 2 atom stereocenters. The van der Waals surface area contributed by atoms with Gasteiger partial charge >= 0.3 is 0 Å². The van der Waals surface area contributed by atoms with Gasteiger partial charge in [0.15, 0.2) is 0 Å². The molecule has 3 heteroatoms. The summed E-state index contributed by atoms with van der Waals surface area (Å²) in [4.78, 5) is 0. The first kappa shape index (κ1) is 11.1. The second-order valence-corrected chi connectivity index (χ2v) is 5.72. The van der Waals surface area contributed by atoms with E-state index in [-0.39, 0.29) is 17.2 Å². The van der Waals surface area contributed by atoms with Gasteiger partial charge in [-0.1, -0.05) is 35.8 Å². The molecule has 0 radical (unpaired) electrons. The molecule has 1 aliphatic rings. The average Bonchev–Trinajstić information content (AvgIpc) is 2.68. The SMILES string of the molecule is CC1(C)[C@H](CN)[C@H]1c1ccc(Br)cc1F. The van der Waals surface area contributed by atoms with E-state index in [2.05, 4.69) is 29.8 Å². The summed E-state index contributed by atoms with van der Waals surface area (Å²) in [5.41, 5.74) is 6.63. The van der Waals surface area contributed by atoms with Crippen LogP contribution in [0.15, 0.2) is 22.7 Å². The lowest BCUT2D eigenvalue weighted by molar-refractivity contribution is 0.551. The van der Waals surface area contributed by atoms with Crippen molar-refractivity contribution in [3.63, 3.8) is 0 Å². The van der Waals surface area contributed by atoms with Crippen LogP contribution in [0.5, 0.6) is 0 Å². The van der Waals surface area contributed by atoms with Crippen LogP contribution < -0.4 is 5.73 Å². The van der Waals surface area contributed by atoms with Crippen molar-refractivity contribution in [2.45, 2.75) is 19.8 Å². The van der Waals surface area contributed by atoms with Gasteiger partial charge in [0, 0.05) is 4.47 Å². The second-order valence-electron chi connectivity index (χ2n) is 4.81. The smallest absolute Gasteiger partial charge is 0.127 e. The van der Waals surface area contributed by atoms with Gasteiger partial charge in [-0.05, 0) is 41.5 Å². The molecule has 0 spiro atoms. The highest BCUT2D eigenvalue weighted by Gasteiger charge is 2.57. The third-order valence-corrected chi connectivity index (χ3v) is 4.10. The van der Waals surface area contributed by atoms with E-state index in [0.29, 0.717) is 12.5 Å². The minimum atomic E-state index is -0.126. The lowest BCUT2D eigenvalue weighted by Gasteiger charge is -2.05. The first-order chi connectivity index (χ1) is 6.98. The zero-order valence-electron chi connectivity index (χ0n) is 8.93. The monoisotopic (exact) mass is 271 g/mol. The number of benzene rings is 1. The van der Waals surface area contributed by atoms with Gasteiger partial charge in [0.05, 0.1) is 0 Å². The van der Waals surface area contributed by atoms with Crippen LogP contribution in [0.3, 0.4) is 0 Å². The van der Waals surface area contributed by atoms with Crippen LogP contribution in [-0.4, -0.2) is 6.54 Å². The van der Waals surface area contributed by atoms with Gasteiger partial charge in [-0.15, -0.1) is 0 Å². The van der Waals surface area contributed by atoms with E-state index in [0.717, 1.165) is 10.0 Å². The fourth-order valence-electron chi connectivity index (χ4n) is 2.56. The number of hydrogen-bond acceptors (Lipinski definition) is 1. The van der Waals surface area contributed by atoms with Crippen molar-refractivity contribution in [2.75, 3.05) is 6.54 Å². The van der Waals surface area contributed by atoms with E-state index >= 15 is 0 Å². The summed E-state index contributed by atoms with van der Waals surface area (Å²) < 4.78 is 14.5. The molecule has 0 bridgehead atoms. The van der Waals surface area contributed by atoms with Crippen molar-refractivity contribution >= 4 is 15.9 Å². The maximum absolute atomic E-state index is 13.7. The van der Waals surface area contributed by atoms with Crippen molar-refractivity contribution in [2.24, 2.45) is 17.1 Å². The number of halogens is 2. The maximum atomic E-state index is 13.7. The van der Waals surface area contributed by atoms with Crippen molar-refractivity contribution in [3.8, 4) is 0 Å². The predicted molar refractivity (Wildman–Crippen MR) is 63.2 cm³/mol. The zero-order chi connectivity index (χ0) is 11.2. The molecule has 2 rings (SSSR count). The van der Waals surface area contributed by atoms with E-state index in [9.17, 15) is 4.39 Å². The van der Waals surface area contributed by atoms with Gasteiger partial charge in [0.1, 0.15) is 5.82 Å². The standard InChI is InChI=1S/C12H15BrFN/c1-12(2)9(6-15)11(12)8-4-3-7(13)5-10(8)14/h3-5,9,11H,6,15H2,1-2H3/t9-,11-/m1/s1. The zero-order valence-corrected chi connectivity index (χ0v) is 10.5. The van der Waals surface area contributed by atoms with Crippen molar-refractivity contribution in [1.29, 1.82) is 0 Å². The molecule has 0 unspecified atom stereocenters. The molecule has 1 aromatic carbocycles. The summed E-state index contributed by atoms with van der Waals surface area (Å²) >= 11 is 3.26. The first-order valence-corrected chi connectivity index (χ1v) is 5.92. The van der Waals surface area contributed by atoms with Crippen LogP contribution in [-0.2, 0) is 0 Å². The Hall–Kier alpha value is -0.410. The third kappa shape index (κ3) is 1.72. The Morgan fingerprint density at radius 2 is 2.13 bits per heavy atom. The van der Waals surface area contributed by atoms with Gasteiger partial charge in [-0.3, -0.25) is 0 Å². The molecule has 1 aliphatic carbocycles. The van der Waals surface area contributed by atoms with E-state index in [1.54, 1.807) is 0 Å². The summed E-state index contributed by atoms with van der Waals surface area (Å²) in [6.45, 7) is 4.93. The number of hydrogen-bond donors (Lipinski definition) is 1. The summed E-state index contributed by atoms with van der Waals surface area (Å²) in [5.74, 6) is 0.558. The minimum absolute atomic E-state index is 0.126. The molecule has 0 saturated heterocycles. The summed E-state index contributed by atoms with van der Waals surface area (Å²) in [5, 5.41) is 0. The molecule has 1 aromatic rings. The van der Waals surface area contributed by atoms with Crippen molar-refractivity contribution < 1.29 is 4.39 Å². The van der Waals surface area contributed by atoms with Gasteiger partial charge in [0.25, 0.3) is 0 Å². The summed E-state index contributed by atoms with van der Waals surface area (Å²) in [6.07, 6.45) is 0. The van der Waals surface area contributed by atoms with Crippen LogP contribution in [0, 0.1) is 17.2 Å². The molecular formula is C12H15BrFN. The van der Waals surface area contributed by atoms with Gasteiger partial charge in [-0.2, -0.15) is 0 Å². The Kier molecular flexibility index (Phi) is 2.63. The molecule has 0 aliphatic heterocycles. The highest BCUT2D eigenvalue weighted by Crippen LogP contribution is 2.64. The van der Waals surface area contributed by atoms with Crippen LogP contribution >= 0.6 is 15.9 Å². The lowest BCUT2D eigenvalue weighted by atomic mass is 10.0. The van der Waals surface area contributed by atoms with Crippen LogP contribution in [0.4, 0.5) is 4.39 Å². The Morgan fingerprint density at radius 1 is 1.47 bits per heavy atom. The molecule has 0 aromatic heterocycles. The molecule has 0 heterocycles. The first-order valence-electron chi connectivity index (χ1n) is 5.13. The second kappa shape index (κ2) is 3.56. The fraction of sp³-hybridized carbons (Fsp3) is 0.500. The predicted octanol–water partition coefficient (Wildman–Crippen LogP) is 3.29. The highest BCUT2D eigenvalue weighted by molar-refractivity contribution is 9.10. The Balaban J connectivity index is 2.33. The van der Waals surface area contributed by atoms with Crippen LogP contribution in [0.25, 0.3) is 0 Å². The van der Waals surface area contributed by atoms with Gasteiger partial charge in [-0.25, -0.2) is 4.39 Å². The van der Waals surface area contributed by atoms with Crippen LogP contribution in [0.1, 0.15) is 25.3 Å². The van der Waals surface area contributed by atoms with Gasteiger partial charge in [0.2, 0.25) is 0 Å². The minimum Gasteiger partial charge on any atom is -0.330 e. The number of rotatable bonds is 2. The molecule has 1 saturated carbocycles. The quantitative estimate of drug-likeness (QED) is 0.878. The van der Waals surface area contributed by atoms with Crippen LogP contribution in [0.2, 0.25) is 0 Å². The fourth-order valence-corrected chi connectivity index (χ4v) is 2.89. The lowest BCUT2D eigenvalue weighted by Crippen LogP contribution is -2.05. The molecule has 82 valence electrons. The van der Waals surface area contributed by atoms with E-state index in [4.69, 9.17) is 5.73 Å². The van der Waals surface area contributed by atoms with E-state index in [1.807, 2.05) is 12.1 Å². The topological polar surface area (TPSA) is 26.0 Å². The molecule has 2 N–H and O–H groups in total. The Labute approximate surface area is 98.0 Å². The maximum Gasteiger partial charge on any atom is 0.127 e. The largest absolute Gasteiger partial charge is 0.330 e. The average molecular weight is 272 g/mol. The number of nitrogens with two attached hydrogens (primary N) is 1.